The molecule has 0 spiro atoms. The molecule has 122 valence electrons. The van der Waals surface area contributed by atoms with Crippen LogP contribution in [0.5, 0.6) is 0 Å². The van der Waals surface area contributed by atoms with E-state index in [1.165, 1.54) is 31.4 Å². The van der Waals surface area contributed by atoms with Crippen molar-refractivity contribution in [2.45, 2.75) is 45.4 Å². The van der Waals surface area contributed by atoms with Crippen molar-refractivity contribution < 1.29 is 0 Å². The van der Waals surface area contributed by atoms with E-state index in [0.29, 0.717) is 0 Å². The quantitative estimate of drug-likeness (QED) is 0.670. The molecule has 0 unspecified atom stereocenters. The Morgan fingerprint density at radius 1 is 1.09 bits per heavy atom. The molecule has 1 aromatic carbocycles. The number of hydrogen-bond acceptors (Lipinski definition) is 3. The fourth-order valence-corrected chi connectivity index (χ4v) is 3.86. The number of hydrogen-bond donors (Lipinski definition) is 0. The van der Waals surface area contributed by atoms with Gasteiger partial charge in [-0.1, -0.05) is 36.6 Å². The van der Waals surface area contributed by atoms with Gasteiger partial charge in [0.15, 0.2) is 0 Å². The van der Waals surface area contributed by atoms with Crippen LogP contribution in [0.3, 0.4) is 0 Å². The summed E-state index contributed by atoms with van der Waals surface area (Å²) in [6, 6.07) is 7.94. The first-order valence-corrected chi connectivity index (χ1v) is 9.57. The standard InChI is InChI=1S/C18H22ClN3S/c1-2-20-18-22(21-16-7-5-3-4-6-8-16)17(13-23-18)14-9-11-15(19)12-10-14/h9-13H,2-8H2,1H3. The van der Waals surface area contributed by atoms with Gasteiger partial charge in [-0.25, -0.2) is 4.68 Å². The summed E-state index contributed by atoms with van der Waals surface area (Å²) >= 11 is 7.67. The highest BCUT2D eigenvalue weighted by molar-refractivity contribution is 7.07. The fourth-order valence-electron chi connectivity index (χ4n) is 2.84. The van der Waals surface area contributed by atoms with Crippen molar-refractivity contribution in [2.75, 3.05) is 6.54 Å². The number of aromatic nitrogens is 1. The van der Waals surface area contributed by atoms with Crippen LogP contribution in [-0.2, 0) is 0 Å². The van der Waals surface area contributed by atoms with E-state index in [2.05, 4.69) is 17.3 Å². The number of benzene rings is 1. The minimum absolute atomic E-state index is 0.754. The average Bonchev–Trinajstić information content (AvgIpc) is 2.77. The summed E-state index contributed by atoms with van der Waals surface area (Å²) in [5.41, 5.74) is 3.52. The van der Waals surface area contributed by atoms with Crippen molar-refractivity contribution in [1.82, 2.24) is 4.68 Å². The van der Waals surface area contributed by atoms with E-state index < -0.39 is 0 Å². The van der Waals surface area contributed by atoms with Gasteiger partial charge in [-0.15, -0.1) is 11.3 Å². The molecule has 23 heavy (non-hydrogen) atoms. The third kappa shape index (κ3) is 4.12. The first kappa shape index (κ1) is 16.5. The summed E-state index contributed by atoms with van der Waals surface area (Å²) in [6.45, 7) is 2.83. The Kier molecular flexibility index (Phi) is 5.68. The van der Waals surface area contributed by atoms with Crippen LogP contribution < -0.4 is 4.80 Å². The molecular weight excluding hydrogens is 326 g/mol. The lowest BCUT2D eigenvalue weighted by molar-refractivity contribution is 0.702. The Hall–Kier alpha value is -1.39. The predicted octanol–water partition coefficient (Wildman–Crippen LogP) is 5.35. The lowest BCUT2D eigenvalue weighted by atomic mass is 10.2. The lowest BCUT2D eigenvalue weighted by Gasteiger charge is -2.07. The van der Waals surface area contributed by atoms with Gasteiger partial charge in [-0.3, -0.25) is 4.99 Å². The van der Waals surface area contributed by atoms with Gasteiger partial charge in [0.2, 0.25) is 4.80 Å². The molecule has 0 amide bonds. The molecule has 1 heterocycles. The molecule has 5 heteroatoms. The minimum Gasteiger partial charge on any atom is -0.258 e. The summed E-state index contributed by atoms with van der Waals surface area (Å²) < 4.78 is 2.03. The predicted molar refractivity (Wildman–Crippen MR) is 99.4 cm³/mol. The Bertz CT molecular complexity index is 730. The molecule has 0 atom stereocenters. The average molecular weight is 348 g/mol. The second-order valence-corrected chi connectivity index (χ2v) is 7.05. The van der Waals surface area contributed by atoms with E-state index in [-0.39, 0.29) is 0 Å². The first-order chi connectivity index (χ1) is 11.3. The van der Waals surface area contributed by atoms with Crippen LogP contribution in [0.2, 0.25) is 5.02 Å². The van der Waals surface area contributed by atoms with Crippen molar-refractivity contribution >= 4 is 28.6 Å². The van der Waals surface area contributed by atoms with Crippen LogP contribution in [0, 0.1) is 0 Å². The van der Waals surface area contributed by atoms with E-state index in [1.54, 1.807) is 11.3 Å². The van der Waals surface area contributed by atoms with Gasteiger partial charge in [0, 0.05) is 28.2 Å². The maximum Gasteiger partial charge on any atom is 0.206 e. The van der Waals surface area contributed by atoms with Crippen molar-refractivity contribution in [3.05, 3.63) is 39.5 Å². The lowest BCUT2D eigenvalue weighted by Crippen LogP contribution is -2.14. The normalized spacial score (nSPS) is 16.4. The Morgan fingerprint density at radius 2 is 1.78 bits per heavy atom. The van der Waals surface area contributed by atoms with E-state index >= 15 is 0 Å². The number of halogens is 1. The highest BCUT2D eigenvalue weighted by Crippen LogP contribution is 2.23. The van der Waals surface area contributed by atoms with Gasteiger partial charge in [0.25, 0.3) is 0 Å². The van der Waals surface area contributed by atoms with Gasteiger partial charge in [-0.05, 0) is 44.7 Å². The minimum atomic E-state index is 0.754. The monoisotopic (exact) mass is 347 g/mol. The molecule has 0 aliphatic heterocycles. The molecule has 1 fully saturated rings. The largest absolute Gasteiger partial charge is 0.258 e. The number of thiazole rings is 1. The fraction of sp³-hybridized carbons (Fsp3) is 0.444. The Morgan fingerprint density at radius 3 is 2.43 bits per heavy atom. The van der Waals surface area contributed by atoms with E-state index in [0.717, 1.165) is 40.5 Å². The van der Waals surface area contributed by atoms with E-state index in [4.69, 9.17) is 16.7 Å². The summed E-state index contributed by atoms with van der Waals surface area (Å²) in [5.74, 6) is 0. The molecule has 2 aromatic rings. The van der Waals surface area contributed by atoms with Gasteiger partial charge in [0.1, 0.15) is 0 Å². The van der Waals surface area contributed by atoms with Crippen LogP contribution in [0.15, 0.2) is 39.7 Å². The summed E-state index contributed by atoms with van der Waals surface area (Å²) in [7, 11) is 0. The molecule has 1 aliphatic carbocycles. The molecule has 1 saturated carbocycles. The van der Waals surface area contributed by atoms with Gasteiger partial charge in [0.05, 0.1) is 5.69 Å². The Balaban J connectivity index is 2.05. The maximum atomic E-state index is 6.02. The highest BCUT2D eigenvalue weighted by atomic mass is 35.5. The topological polar surface area (TPSA) is 29.6 Å². The van der Waals surface area contributed by atoms with Crippen molar-refractivity contribution in [3.63, 3.8) is 0 Å². The van der Waals surface area contributed by atoms with E-state index in [9.17, 15) is 0 Å². The smallest absolute Gasteiger partial charge is 0.206 e. The van der Waals surface area contributed by atoms with Crippen LogP contribution >= 0.6 is 22.9 Å². The third-order valence-corrected chi connectivity index (χ3v) is 5.15. The Labute approximate surface area is 146 Å². The van der Waals surface area contributed by atoms with Crippen molar-refractivity contribution in [3.8, 4) is 11.3 Å². The summed E-state index contributed by atoms with van der Waals surface area (Å²) in [4.78, 5) is 5.57. The molecule has 0 saturated heterocycles. The molecule has 3 nitrogen and oxygen atoms in total. The molecule has 1 aliphatic rings. The number of rotatable bonds is 3. The van der Waals surface area contributed by atoms with Crippen LogP contribution in [0.4, 0.5) is 0 Å². The summed E-state index contributed by atoms with van der Waals surface area (Å²) in [6.07, 6.45) is 7.36. The molecule has 0 N–H and O–H groups in total. The molecule has 0 bridgehead atoms. The molecule has 0 radical (unpaired) electrons. The van der Waals surface area contributed by atoms with Crippen LogP contribution in [-0.4, -0.2) is 16.9 Å². The second-order valence-electron chi connectivity index (χ2n) is 5.78. The van der Waals surface area contributed by atoms with Crippen molar-refractivity contribution in [1.29, 1.82) is 0 Å². The highest BCUT2D eigenvalue weighted by Gasteiger charge is 2.11. The van der Waals surface area contributed by atoms with Crippen LogP contribution in [0.25, 0.3) is 11.3 Å². The molecular formula is C18H22ClN3S. The zero-order valence-electron chi connectivity index (χ0n) is 13.5. The summed E-state index contributed by atoms with van der Waals surface area (Å²) in [5, 5.41) is 7.86. The van der Waals surface area contributed by atoms with Crippen molar-refractivity contribution in [2.24, 2.45) is 10.1 Å². The van der Waals surface area contributed by atoms with Crippen LogP contribution in [0.1, 0.15) is 45.4 Å². The maximum absolute atomic E-state index is 6.02. The van der Waals surface area contributed by atoms with Gasteiger partial charge < -0.3 is 0 Å². The third-order valence-electron chi connectivity index (χ3n) is 4.04. The molecule has 1 aromatic heterocycles. The number of nitrogens with zero attached hydrogens (tertiary/aromatic N) is 3. The van der Waals surface area contributed by atoms with Gasteiger partial charge >= 0.3 is 0 Å². The first-order valence-electron chi connectivity index (χ1n) is 8.31. The zero-order chi connectivity index (χ0) is 16.1. The van der Waals surface area contributed by atoms with Gasteiger partial charge in [-0.2, -0.15) is 5.10 Å². The molecule has 3 rings (SSSR count). The van der Waals surface area contributed by atoms with E-state index in [1.807, 2.05) is 28.9 Å². The SMILES string of the molecule is CCN=c1scc(-c2ccc(Cl)cc2)n1N=C1CCCCCC1. The second kappa shape index (κ2) is 7.93. The zero-order valence-corrected chi connectivity index (χ0v) is 15.0.